The first-order valence-electron chi connectivity index (χ1n) is 11.5. The summed E-state index contributed by atoms with van der Waals surface area (Å²) in [5.41, 5.74) is 3.07. The van der Waals surface area contributed by atoms with Crippen molar-refractivity contribution in [2.75, 3.05) is 19.0 Å². The van der Waals surface area contributed by atoms with Crippen LogP contribution in [-0.4, -0.2) is 24.6 Å². The van der Waals surface area contributed by atoms with Gasteiger partial charge in [-0.25, -0.2) is 4.98 Å². The molecule has 33 heavy (non-hydrogen) atoms. The number of thiazole rings is 1. The Bertz CT molecular complexity index is 1110. The minimum absolute atomic E-state index is 0.0705. The van der Waals surface area contributed by atoms with Gasteiger partial charge in [0.05, 0.1) is 23.9 Å². The molecule has 176 valence electrons. The van der Waals surface area contributed by atoms with Crippen LogP contribution in [-0.2, 0) is 10.2 Å². The molecule has 0 aliphatic rings. The van der Waals surface area contributed by atoms with Crippen molar-refractivity contribution < 1.29 is 14.3 Å². The Morgan fingerprint density at radius 3 is 2.64 bits per heavy atom. The highest BCUT2D eigenvalue weighted by atomic mass is 32.1. The first-order valence-corrected chi connectivity index (χ1v) is 12.3. The molecule has 0 bridgehead atoms. The van der Waals surface area contributed by atoms with Crippen LogP contribution in [0.2, 0.25) is 0 Å². The summed E-state index contributed by atoms with van der Waals surface area (Å²) in [6.07, 6.45) is 7.89. The minimum atomic E-state index is -0.222. The van der Waals surface area contributed by atoms with Crippen LogP contribution >= 0.6 is 11.3 Å². The van der Waals surface area contributed by atoms with Crippen LogP contribution in [0.5, 0.6) is 11.5 Å². The molecule has 1 aromatic heterocycles. The fourth-order valence-corrected chi connectivity index (χ4v) is 4.29. The maximum absolute atomic E-state index is 12.5. The zero-order valence-electron chi connectivity index (χ0n) is 20.2. The first-order chi connectivity index (χ1) is 15.8. The number of aromatic nitrogens is 1. The fraction of sp³-hybridized carbons (Fsp3) is 0.407. The normalized spacial score (nSPS) is 11.8. The number of fused-ring (bicyclic) bond motifs is 1. The lowest BCUT2D eigenvalue weighted by Gasteiger charge is -2.18. The Morgan fingerprint density at radius 2 is 1.91 bits per heavy atom. The Labute approximate surface area is 200 Å². The third-order valence-corrected chi connectivity index (χ3v) is 6.29. The molecule has 1 heterocycles. The highest BCUT2D eigenvalue weighted by Gasteiger charge is 2.15. The molecule has 0 saturated heterocycles. The van der Waals surface area contributed by atoms with Crippen molar-refractivity contribution in [3.8, 4) is 11.5 Å². The number of hydrogen-bond donors (Lipinski definition) is 1. The van der Waals surface area contributed by atoms with Crippen molar-refractivity contribution >= 4 is 38.7 Å². The van der Waals surface area contributed by atoms with Gasteiger partial charge in [-0.2, -0.15) is 0 Å². The van der Waals surface area contributed by atoms with E-state index < -0.39 is 0 Å². The molecule has 5 nitrogen and oxygen atoms in total. The predicted octanol–water partition coefficient (Wildman–Crippen LogP) is 7.21. The lowest BCUT2D eigenvalue weighted by atomic mass is 9.87. The van der Waals surface area contributed by atoms with E-state index in [0.29, 0.717) is 17.5 Å². The van der Waals surface area contributed by atoms with Crippen LogP contribution in [0.25, 0.3) is 16.3 Å². The lowest BCUT2D eigenvalue weighted by molar-refractivity contribution is -0.111. The average molecular weight is 467 g/mol. The van der Waals surface area contributed by atoms with Crippen LogP contribution in [0.1, 0.15) is 64.5 Å². The molecule has 0 aliphatic heterocycles. The first kappa shape index (κ1) is 24.8. The number of rotatable bonds is 10. The smallest absolute Gasteiger partial charge is 0.250 e. The zero-order valence-corrected chi connectivity index (χ0v) is 21.1. The molecule has 1 N–H and O–H groups in total. The molecule has 0 saturated carbocycles. The number of amides is 1. The molecule has 2 aromatic carbocycles. The van der Waals surface area contributed by atoms with Crippen LogP contribution in [0.4, 0.5) is 5.13 Å². The number of unbranched alkanes of at least 4 members (excludes halogenated alkanes) is 3. The third-order valence-electron chi connectivity index (χ3n) is 5.35. The monoisotopic (exact) mass is 466 g/mol. The highest BCUT2D eigenvalue weighted by Crippen LogP contribution is 2.31. The van der Waals surface area contributed by atoms with Gasteiger partial charge in [0.1, 0.15) is 0 Å². The molecule has 0 aliphatic carbocycles. The quantitative estimate of drug-likeness (QED) is 0.253. The van der Waals surface area contributed by atoms with E-state index in [1.165, 1.54) is 42.2 Å². The van der Waals surface area contributed by atoms with Gasteiger partial charge in [-0.15, -0.1) is 0 Å². The van der Waals surface area contributed by atoms with Gasteiger partial charge in [-0.3, -0.25) is 10.1 Å². The number of nitrogens with zero attached hydrogens (tertiary/aromatic N) is 1. The SMILES string of the molecule is CCCCCCOc1ccc(/C=C/C(=O)Nc2nc3ccc(C(C)(C)C)cc3s2)cc1OC. The van der Waals surface area contributed by atoms with E-state index in [9.17, 15) is 4.79 Å². The Kier molecular flexibility index (Phi) is 8.50. The van der Waals surface area contributed by atoms with E-state index in [2.05, 4.69) is 50.1 Å². The second-order valence-corrected chi connectivity index (χ2v) is 10.1. The van der Waals surface area contributed by atoms with Gasteiger partial charge in [-0.1, -0.05) is 70.4 Å². The maximum atomic E-state index is 12.5. The van der Waals surface area contributed by atoms with Crippen molar-refractivity contribution in [3.05, 3.63) is 53.6 Å². The molecule has 1 amide bonds. The molecule has 3 rings (SSSR count). The number of carbonyl (C=O) groups is 1. The standard InChI is InChI=1S/C27H34N2O3S/c1-6-7-8-9-16-32-22-14-10-19(17-23(22)31-5)11-15-25(30)29-26-28-21-13-12-20(27(2,3)4)18-24(21)33-26/h10-15,17-18H,6-9,16H2,1-5H3,(H,28,29,30)/b15-11+. The van der Waals surface area contributed by atoms with E-state index in [4.69, 9.17) is 9.47 Å². The number of nitrogens with one attached hydrogen (secondary N) is 1. The molecule has 0 spiro atoms. The zero-order chi connectivity index (χ0) is 23.8. The summed E-state index contributed by atoms with van der Waals surface area (Å²) in [6.45, 7) is 9.42. The van der Waals surface area contributed by atoms with Crippen molar-refractivity contribution in [1.29, 1.82) is 0 Å². The number of carbonyl (C=O) groups excluding carboxylic acids is 1. The molecule has 0 fully saturated rings. The summed E-state index contributed by atoms with van der Waals surface area (Å²) in [5.74, 6) is 1.16. The Hall–Kier alpha value is -2.86. The van der Waals surface area contributed by atoms with Gasteiger partial charge < -0.3 is 9.47 Å². The summed E-state index contributed by atoms with van der Waals surface area (Å²) in [4.78, 5) is 17.0. The van der Waals surface area contributed by atoms with Crippen LogP contribution < -0.4 is 14.8 Å². The molecule has 0 atom stereocenters. The van der Waals surface area contributed by atoms with Crippen LogP contribution in [0, 0.1) is 0 Å². The average Bonchev–Trinajstić information content (AvgIpc) is 3.18. The van der Waals surface area contributed by atoms with Gasteiger partial charge in [0.25, 0.3) is 0 Å². The van der Waals surface area contributed by atoms with E-state index >= 15 is 0 Å². The van der Waals surface area contributed by atoms with Gasteiger partial charge in [-0.05, 0) is 53.3 Å². The van der Waals surface area contributed by atoms with E-state index in [-0.39, 0.29) is 11.3 Å². The molecule has 0 unspecified atom stereocenters. The summed E-state index contributed by atoms with van der Waals surface area (Å²) in [7, 11) is 1.62. The van der Waals surface area contributed by atoms with Crippen LogP contribution in [0.15, 0.2) is 42.5 Å². The number of benzene rings is 2. The van der Waals surface area contributed by atoms with Crippen LogP contribution in [0.3, 0.4) is 0 Å². The van der Waals surface area contributed by atoms with Gasteiger partial charge in [0.2, 0.25) is 5.91 Å². The predicted molar refractivity (Wildman–Crippen MR) is 139 cm³/mol. The number of anilines is 1. The Balaban J connectivity index is 1.61. The van der Waals surface area contributed by atoms with E-state index in [1.807, 2.05) is 24.3 Å². The molecular weight excluding hydrogens is 432 g/mol. The van der Waals surface area contributed by atoms with Crippen molar-refractivity contribution in [3.63, 3.8) is 0 Å². The largest absolute Gasteiger partial charge is 0.493 e. The summed E-state index contributed by atoms with van der Waals surface area (Å²) in [6, 6.07) is 11.9. The Morgan fingerprint density at radius 1 is 1.09 bits per heavy atom. The summed E-state index contributed by atoms with van der Waals surface area (Å²) < 4.78 is 12.4. The second kappa shape index (κ2) is 11.3. The fourth-order valence-electron chi connectivity index (χ4n) is 3.38. The van der Waals surface area contributed by atoms with Crippen molar-refractivity contribution in [1.82, 2.24) is 4.98 Å². The third kappa shape index (κ3) is 7.06. The number of methoxy groups -OCH3 is 1. The maximum Gasteiger partial charge on any atom is 0.250 e. The highest BCUT2D eigenvalue weighted by molar-refractivity contribution is 7.22. The molecule has 0 radical (unpaired) electrons. The van der Waals surface area contributed by atoms with Gasteiger partial charge in [0.15, 0.2) is 16.6 Å². The van der Waals surface area contributed by atoms with E-state index in [0.717, 1.165) is 28.0 Å². The van der Waals surface area contributed by atoms with E-state index in [1.54, 1.807) is 13.2 Å². The summed E-state index contributed by atoms with van der Waals surface area (Å²) in [5, 5.41) is 3.46. The summed E-state index contributed by atoms with van der Waals surface area (Å²) >= 11 is 1.48. The topological polar surface area (TPSA) is 60.5 Å². The second-order valence-electron chi connectivity index (χ2n) is 9.09. The lowest BCUT2D eigenvalue weighted by Crippen LogP contribution is -2.10. The van der Waals surface area contributed by atoms with Crippen molar-refractivity contribution in [2.45, 2.75) is 58.8 Å². The number of hydrogen-bond acceptors (Lipinski definition) is 5. The number of ether oxygens (including phenoxy) is 2. The molecule has 6 heteroatoms. The minimum Gasteiger partial charge on any atom is -0.493 e. The molecular formula is C27H34N2O3S. The van der Waals surface area contributed by atoms with Crippen molar-refractivity contribution in [2.24, 2.45) is 0 Å². The van der Waals surface area contributed by atoms with Gasteiger partial charge >= 0.3 is 0 Å². The molecule has 3 aromatic rings. The van der Waals surface area contributed by atoms with Gasteiger partial charge in [0, 0.05) is 6.08 Å².